The number of para-hydroxylation sites is 1. The summed E-state index contributed by atoms with van der Waals surface area (Å²) in [5.41, 5.74) is 7.19. The van der Waals surface area contributed by atoms with Crippen LogP contribution in [0.25, 0.3) is 10.9 Å². The third-order valence-corrected chi connectivity index (χ3v) is 2.82. The Morgan fingerprint density at radius 1 is 1.40 bits per heavy atom. The van der Waals surface area contributed by atoms with Crippen molar-refractivity contribution in [2.24, 2.45) is 5.73 Å². The Labute approximate surface area is 92.2 Å². The topological polar surface area (TPSA) is 62.8 Å². The minimum absolute atomic E-state index is 0.0869. The summed E-state index contributed by atoms with van der Waals surface area (Å²) in [6, 6.07) is 9.58. The van der Waals surface area contributed by atoms with E-state index in [1.54, 1.807) is 11.8 Å². The van der Waals surface area contributed by atoms with Gasteiger partial charge in [-0.1, -0.05) is 18.2 Å². The first-order valence-electron chi connectivity index (χ1n) is 4.50. The zero-order valence-electron chi connectivity index (χ0n) is 8.32. The van der Waals surface area contributed by atoms with Gasteiger partial charge in [0.15, 0.2) is 0 Å². The summed E-state index contributed by atoms with van der Waals surface area (Å²) < 4.78 is 0. The number of rotatable bonds is 2. The number of thioether (sulfide) groups is 1. The van der Waals surface area contributed by atoms with E-state index in [1.165, 1.54) is 0 Å². The van der Waals surface area contributed by atoms with E-state index in [-0.39, 0.29) is 5.84 Å². The summed E-state index contributed by atoms with van der Waals surface area (Å²) in [5, 5.41) is 9.35. The Kier molecular flexibility index (Phi) is 2.60. The molecule has 15 heavy (non-hydrogen) atoms. The molecule has 0 saturated heterocycles. The van der Waals surface area contributed by atoms with Crippen LogP contribution in [0.2, 0.25) is 0 Å². The fourth-order valence-corrected chi connectivity index (χ4v) is 1.90. The minimum atomic E-state index is 0.0869. The van der Waals surface area contributed by atoms with Gasteiger partial charge in [0.2, 0.25) is 0 Å². The molecule has 0 fully saturated rings. The molecule has 0 saturated carbocycles. The molecule has 2 aromatic rings. The summed E-state index contributed by atoms with van der Waals surface area (Å²) in [6.45, 7) is 0. The van der Waals surface area contributed by atoms with Gasteiger partial charge in [0.1, 0.15) is 5.84 Å². The quantitative estimate of drug-likeness (QED) is 0.460. The van der Waals surface area contributed by atoms with Crippen molar-refractivity contribution in [3.63, 3.8) is 0 Å². The van der Waals surface area contributed by atoms with E-state index in [4.69, 9.17) is 11.1 Å². The number of amidine groups is 1. The van der Waals surface area contributed by atoms with Gasteiger partial charge in [0.05, 0.1) is 10.5 Å². The third kappa shape index (κ3) is 1.80. The second-order valence-electron chi connectivity index (χ2n) is 3.14. The maximum absolute atomic E-state index is 7.53. The molecular formula is C11H11N3S. The average molecular weight is 217 g/mol. The van der Waals surface area contributed by atoms with E-state index >= 15 is 0 Å². The van der Waals surface area contributed by atoms with Gasteiger partial charge in [-0.2, -0.15) is 0 Å². The number of nitrogens with zero attached hydrogens (tertiary/aromatic N) is 1. The predicted octanol–water partition coefficient (Wildman–Crippen LogP) is 2.24. The molecule has 0 radical (unpaired) electrons. The van der Waals surface area contributed by atoms with Crippen LogP contribution in [0.5, 0.6) is 0 Å². The molecule has 1 aromatic heterocycles. The Morgan fingerprint density at radius 2 is 2.13 bits per heavy atom. The van der Waals surface area contributed by atoms with E-state index in [2.05, 4.69) is 4.98 Å². The maximum Gasteiger partial charge on any atom is 0.123 e. The summed E-state index contributed by atoms with van der Waals surface area (Å²) >= 11 is 1.55. The molecule has 3 N–H and O–H groups in total. The van der Waals surface area contributed by atoms with Gasteiger partial charge in [-0.05, 0) is 18.4 Å². The summed E-state index contributed by atoms with van der Waals surface area (Å²) in [7, 11) is 0. The second kappa shape index (κ2) is 3.90. The molecule has 0 aliphatic carbocycles. The van der Waals surface area contributed by atoms with Crippen LogP contribution in [-0.4, -0.2) is 17.1 Å². The maximum atomic E-state index is 7.53. The Hall–Kier alpha value is -1.55. The van der Waals surface area contributed by atoms with Crippen LogP contribution in [0.15, 0.2) is 35.4 Å². The molecule has 0 aliphatic rings. The molecule has 4 heteroatoms. The molecule has 76 valence electrons. The molecular weight excluding hydrogens is 206 g/mol. The van der Waals surface area contributed by atoms with Gasteiger partial charge in [0, 0.05) is 10.9 Å². The van der Waals surface area contributed by atoms with Crippen molar-refractivity contribution in [2.45, 2.75) is 5.03 Å². The third-order valence-electron chi connectivity index (χ3n) is 2.19. The van der Waals surface area contributed by atoms with Crippen molar-refractivity contribution in [3.8, 4) is 0 Å². The number of nitrogens with two attached hydrogens (primary N) is 1. The zero-order valence-corrected chi connectivity index (χ0v) is 9.14. The summed E-state index contributed by atoms with van der Waals surface area (Å²) in [5.74, 6) is 0.0869. The van der Waals surface area contributed by atoms with Crippen LogP contribution in [-0.2, 0) is 0 Å². The number of hydrogen-bond acceptors (Lipinski definition) is 3. The number of fused-ring (bicyclic) bond motifs is 1. The number of nitrogen functional groups attached to an aromatic ring is 1. The molecule has 3 nitrogen and oxygen atoms in total. The van der Waals surface area contributed by atoms with Gasteiger partial charge in [0.25, 0.3) is 0 Å². The van der Waals surface area contributed by atoms with Crippen LogP contribution in [0, 0.1) is 5.41 Å². The minimum Gasteiger partial charge on any atom is -0.384 e. The Balaban J connectivity index is 2.80. The molecule has 0 amide bonds. The van der Waals surface area contributed by atoms with E-state index in [9.17, 15) is 0 Å². The fraction of sp³-hybridized carbons (Fsp3) is 0.0909. The second-order valence-corrected chi connectivity index (χ2v) is 3.97. The smallest absolute Gasteiger partial charge is 0.123 e. The number of pyridine rings is 1. The molecule has 0 unspecified atom stereocenters. The first-order valence-corrected chi connectivity index (χ1v) is 5.73. The van der Waals surface area contributed by atoms with Gasteiger partial charge < -0.3 is 5.73 Å². The Bertz CT molecular complexity index is 522. The molecule has 1 heterocycles. The summed E-state index contributed by atoms with van der Waals surface area (Å²) in [4.78, 5) is 4.45. The number of benzene rings is 1. The lowest BCUT2D eigenvalue weighted by Crippen LogP contribution is -2.12. The first kappa shape index (κ1) is 9.98. The van der Waals surface area contributed by atoms with Crippen LogP contribution < -0.4 is 5.73 Å². The van der Waals surface area contributed by atoms with Crippen LogP contribution in [0.1, 0.15) is 5.56 Å². The monoisotopic (exact) mass is 217 g/mol. The highest BCUT2D eigenvalue weighted by atomic mass is 32.2. The highest BCUT2D eigenvalue weighted by Crippen LogP contribution is 2.22. The average Bonchev–Trinajstić information content (AvgIpc) is 2.27. The number of aromatic nitrogens is 1. The molecule has 0 spiro atoms. The summed E-state index contributed by atoms with van der Waals surface area (Å²) in [6.07, 6.45) is 1.96. The van der Waals surface area contributed by atoms with E-state index < -0.39 is 0 Å². The highest BCUT2D eigenvalue weighted by Gasteiger charge is 2.06. The van der Waals surface area contributed by atoms with Crippen molar-refractivity contribution in [3.05, 3.63) is 35.9 Å². The van der Waals surface area contributed by atoms with Gasteiger partial charge in [-0.3, -0.25) is 5.41 Å². The lowest BCUT2D eigenvalue weighted by molar-refractivity contribution is 1.19. The standard InChI is InChI=1S/C11H11N3S/c1-15-10-6-8(11(12)13)7-4-2-3-5-9(7)14-10/h2-6H,1H3,(H3,12,13). The van der Waals surface area contributed by atoms with Crippen molar-refractivity contribution >= 4 is 28.5 Å². The lowest BCUT2D eigenvalue weighted by Gasteiger charge is -2.06. The molecule has 2 rings (SSSR count). The lowest BCUT2D eigenvalue weighted by atomic mass is 10.1. The van der Waals surface area contributed by atoms with Crippen LogP contribution >= 0.6 is 11.8 Å². The normalized spacial score (nSPS) is 10.5. The number of nitrogens with one attached hydrogen (secondary N) is 1. The van der Waals surface area contributed by atoms with E-state index in [1.807, 2.05) is 36.6 Å². The van der Waals surface area contributed by atoms with E-state index in [0.717, 1.165) is 21.5 Å². The van der Waals surface area contributed by atoms with Crippen molar-refractivity contribution in [1.29, 1.82) is 5.41 Å². The molecule has 0 aliphatic heterocycles. The van der Waals surface area contributed by atoms with Gasteiger partial charge in [-0.25, -0.2) is 4.98 Å². The number of hydrogen-bond donors (Lipinski definition) is 2. The van der Waals surface area contributed by atoms with Gasteiger partial charge in [-0.15, -0.1) is 11.8 Å². The zero-order chi connectivity index (χ0) is 10.8. The SMILES string of the molecule is CSc1cc(C(=N)N)c2ccccc2n1. The van der Waals surface area contributed by atoms with Crippen LogP contribution in [0.3, 0.4) is 0 Å². The van der Waals surface area contributed by atoms with Crippen molar-refractivity contribution in [1.82, 2.24) is 4.98 Å². The molecule has 0 atom stereocenters. The van der Waals surface area contributed by atoms with E-state index in [0.29, 0.717) is 0 Å². The van der Waals surface area contributed by atoms with Crippen LogP contribution in [0.4, 0.5) is 0 Å². The van der Waals surface area contributed by atoms with Crippen molar-refractivity contribution < 1.29 is 0 Å². The fourth-order valence-electron chi connectivity index (χ4n) is 1.48. The predicted molar refractivity (Wildman–Crippen MR) is 64.5 cm³/mol. The highest BCUT2D eigenvalue weighted by molar-refractivity contribution is 7.98. The Morgan fingerprint density at radius 3 is 2.80 bits per heavy atom. The van der Waals surface area contributed by atoms with Gasteiger partial charge >= 0.3 is 0 Å². The molecule has 1 aromatic carbocycles. The van der Waals surface area contributed by atoms with Crippen molar-refractivity contribution in [2.75, 3.05) is 6.26 Å². The molecule has 0 bridgehead atoms. The first-order chi connectivity index (χ1) is 7.22. The largest absolute Gasteiger partial charge is 0.384 e.